The summed E-state index contributed by atoms with van der Waals surface area (Å²) in [7, 11) is 0. The number of ketones is 1. The van der Waals surface area contributed by atoms with Crippen molar-refractivity contribution in [3.05, 3.63) is 12.2 Å². The van der Waals surface area contributed by atoms with Crippen LogP contribution in [0.3, 0.4) is 0 Å². The second-order valence-corrected chi connectivity index (χ2v) is 8.78. The average Bonchev–Trinajstić information content (AvgIpc) is 3.19. The minimum atomic E-state index is -1.46. The minimum absolute atomic E-state index is 0.163. The number of aliphatic hydroxyl groups excluding tert-OH is 2. The first-order chi connectivity index (χ1) is 11.5. The highest BCUT2D eigenvalue weighted by Crippen LogP contribution is 2.72. The van der Waals surface area contributed by atoms with E-state index in [0.29, 0.717) is 6.42 Å². The third-order valence-electron chi connectivity index (χ3n) is 6.37. The van der Waals surface area contributed by atoms with Gasteiger partial charge in [-0.05, 0) is 17.9 Å². The molecule has 3 fully saturated rings. The van der Waals surface area contributed by atoms with Gasteiger partial charge in [0.1, 0.15) is 12.2 Å². The highest BCUT2D eigenvalue weighted by atomic mass is 16.7. The number of carbonyl (C=O) groups excluding carboxylic acids is 2. The van der Waals surface area contributed by atoms with Gasteiger partial charge in [0.2, 0.25) is 5.78 Å². The molecule has 0 bridgehead atoms. The van der Waals surface area contributed by atoms with E-state index in [-0.39, 0.29) is 29.3 Å². The van der Waals surface area contributed by atoms with E-state index < -0.39 is 41.2 Å². The molecule has 1 spiro atoms. The molecule has 2 saturated carbocycles. The lowest BCUT2D eigenvalue weighted by atomic mass is 9.64. The first-order valence-electron chi connectivity index (χ1n) is 8.89. The van der Waals surface area contributed by atoms with Crippen LogP contribution in [0.15, 0.2) is 12.2 Å². The lowest BCUT2D eigenvalue weighted by Crippen LogP contribution is -2.58. The van der Waals surface area contributed by atoms with Crippen molar-refractivity contribution >= 4 is 11.8 Å². The zero-order valence-electron chi connectivity index (χ0n) is 15.5. The van der Waals surface area contributed by atoms with Crippen molar-refractivity contribution in [3.8, 4) is 0 Å². The number of epoxide rings is 1. The zero-order chi connectivity index (χ0) is 18.9. The Kier molecular flexibility index (Phi) is 3.99. The summed E-state index contributed by atoms with van der Waals surface area (Å²) in [6, 6.07) is 0. The maximum Gasteiger partial charge on any atom is 0.308 e. The van der Waals surface area contributed by atoms with Gasteiger partial charge < -0.3 is 19.7 Å². The summed E-state index contributed by atoms with van der Waals surface area (Å²) < 4.78 is 11.9. The zero-order valence-corrected chi connectivity index (χ0v) is 15.5. The molecule has 0 aromatic rings. The number of ether oxygens (including phenoxy) is 2. The molecule has 6 heteroatoms. The van der Waals surface area contributed by atoms with Gasteiger partial charge >= 0.3 is 5.97 Å². The first-order valence-corrected chi connectivity index (χ1v) is 8.89. The molecule has 0 unspecified atom stereocenters. The monoisotopic (exact) mass is 352 g/mol. The summed E-state index contributed by atoms with van der Waals surface area (Å²) in [5.74, 6) is -1.63. The Balaban J connectivity index is 2.11. The van der Waals surface area contributed by atoms with Gasteiger partial charge in [0.25, 0.3) is 0 Å². The molecule has 0 amide bonds. The van der Waals surface area contributed by atoms with E-state index in [1.807, 2.05) is 20.8 Å². The minimum Gasteiger partial charge on any atom is -0.458 e. The topological polar surface area (TPSA) is 96.4 Å². The number of Topliss-reactive ketones (excluding diaryl/α,β-unsaturated/α-hetero) is 1. The van der Waals surface area contributed by atoms with Crippen molar-refractivity contribution in [3.63, 3.8) is 0 Å². The molecule has 0 aromatic carbocycles. The van der Waals surface area contributed by atoms with Crippen molar-refractivity contribution in [2.45, 2.75) is 64.4 Å². The van der Waals surface area contributed by atoms with Gasteiger partial charge in [0.05, 0.1) is 12.5 Å². The summed E-state index contributed by atoms with van der Waals surface area (Å²) in [6.07, 6.45) is -1.17. The van der Waals surface area contributed by atoms with Gasteiger partial charge in [-0.1, -0.05) is 41.2 Å². The van der Waals surface area contributed by atoms with Gasteiger partial charge in [-0.2, -0.15) is 0 Å². The van der Waals surface area contributed by atoms with E-state index in [2.05, 4.69) is 6.58 Å². The first kappa shape index (κ1) is 18.5. The van der Waals surface area contributed by atoms with E-state index in [1.54, 1.807) is 13.8 Å². The highest BCUT2D eigenvalue weighted by molar-refractivity contribution is 6.00. The molecule has 2 aliphatic carbocycles. The predicted octanol–water partition coefficient (Wildman–Crippen LogP) is 1.24. The summed E-state index contributed by atoms with van der Waals surface area (Å²) >= 11 is 0. The van der Waals surface area contributed by atoms with Crippen LogP contribution in [0.2, 0.25) is 0 Å². The van der Waals surface area contributed by atoms with Crippen LogP contribution in [-0.2, 0) is 19.1 Å². The Morgan fingerprint density at radius 2 is 2.04 bits per heavy atom. The third-order valence-corrected chi connectivity index (χ3v) is 6.37. The fourth-order valence-electron chi connectivity index (χ4n) is 5.02. The number of hydrogen-bond acceptors (Lipinski definition) is 6. The maximum atomic E-state index is 12.9. The Labute approximate surface area is 148 Å². The van der Waals surface area contributed by atoms with Gasteiger partial charge in [-0.3, -0.25) is 9.59 Å². The van der Waals surface area contributed by atoms with Crippen LogP contribution in [-0.4, -0.2) is 52.0 Å². The smallest absolute Gasteiger partial charge is 0.308 e. The van der Waals surface area contributed by atoms with Gasteiger partial charge in [-0.25, -0.2) is 0 Å². The summed E-state index contributed by atoms with van der Waals surface area (Å²) in [5, 5.41) is 20.1. The third kappa shape index (κ3) is 2.07. The van der Waals surface area contributed by atoms with Crippen LogP contribution in [0.5, 0.6) is 0 Å². The molecule has 1 aliphatic heterocycles. The number of esters is 1. The molecule has 0 radical (unpaired) electrons. The number of rotatable bonds is 4. The van der Waals surface area contributed by atoms with Crippen molar-refractivity contribution in [2.75, 3.05) is 6.61 Å². The normalized spacial score (nSPS) is 44.2. The Bertz CT molecular complexity index is 638. The van der Waals surface area contributed by atoms with Crippen LogP contribution in [0.1, 0.15) is 41.0 Å². The van der Waals surface area contributed by atoms with E-state index >= 15 is 0 Å². The number of hydrogen-bond donors (Lipinski definition) is 2. The van der Waals surface area contributed by atoms with Crippen LogP contribution >= 0.6 is 0 Å². The Hall–Kier alpha value is -1.24. The number of carbonyl (C=O) groups is 2. The molecule has 6 nitrogen and oxygen atoms in total. The second-order valence-electron chi connectivity index (χ2n) is 8.78. The van der Waals surface area contributed by atoms with Crippen LogP contribution in [0, 0.1) is 23.2 Å². The molecule has 6 atom stereocenters. The summed E-state index contributed by atoms with van der Waals surface area (Å²) in [4.78, 5) is 25.2. The van der Waals surface area contributed by atoms with E-state index in [1.165, 1.54) is 0 Å². The van der Waals surface area contributed by atoms with Gasteiger partial charge in [0.15, 0.2) is 11.2 Å². The Morgan fingerprint density at radius 1 is 1.44 bits per heavy atom. The van der Waals surface area contributed by atoms with E-state index in [9.17, 15) is 19.8 Å². The van der Waals surface area contributed by atoms with Crippen molar-refractivity contribution in [1.29, 1.82) is 0 Å². The SMILES string of the molecule is C=C(CO)[C@]12O[C@@]13[C@H](CC(C)(C)[C@@H]3OC(=O)C(C)C)[C@H](C)[C@H](O)C2=O. The van der Waals surface area contributed by atoms with Crippen LogP contribution < -0.4 is 0 Å². The largest absolute Gasteiger partial charge is 0.458 e. The molecular formula is C19H28O6. The summed E-state index contributed by atoms with van der Waals surface area (Å²) in [6.45, 7) is 12.7. The summed E-state index contributed by atoms with van der Waals surface area (Å²) in [5.41, 5.74) is -2.72. The molecule has 3 rings (SSSR count). The molecule has 2 N–H and O–H groups in total. The Morgan fingerprint density at radius 3 is 2.56 bits per heavy atom. The van der Waals surface area contributed by atoms with Crippen molar-refractivity contribution in [1.82, 2.24) is 0 Å². The highest BCUT2D eigenvalue weighted by Gasteiger charge is 2.89. The van der Waals surface area contributed by atoms with E-state index in [4.69, 9.17) is 9.47 Å². The molecular weight excluding hydrogens is 324 g/mol. The van der Waals surface area contributed by atoms with Crippen molar-refractivity contribution in [2.24, 2.45) is 23.2 Å². The lowest BCUT2D eigenvalue weighted by Gasteiger charge is -2.37. The predicted molar refractivity (Wildman–Crippen MR) is 89.6 cm³/mol. The maximum absolute atomic E-state index is 12.9. The molecule has 25 heavy (non-hydrogen) atoms. The fourth-order valence-corrected chi connectivity index (χ4v) is 5.02. The average molecular weight is 352 g/mol. The fraction of sp³-hybridized carbons (Fsp3) is 0.789. The molecule has 140 valence electrons. The molecule has 1 saturated heterocycles. The van der Waals surface area contributed by atoms with Gasteiger partial charge in [-0.15, -0.1) is 0 Å². The standard InChI is InChI=1S/C19H28O6/c1-9(2)15(23)24-16-17(5,6)7-12-11(4)13(21)14(22)18(10(3)8-20)19(12,16)25-18/h9,11-13,16,20-21H,3,7-8H2,1-2,4-6H3/t11-,12+,13-,16-,18+,19+/m0/s1. The second kappa shape index (κ2) is 5.38. The lowest BCUT2D eigenvalue weighted by molar-refractivity contribution is -0.162. The molecule has 0 aromatic heterocycles. The number of aliphatic hydroxyl groups is 2. The van der Waals surface area contributed by atoms with Gasteiger partial charge in [0, 0.05) is 11.3 Å². The van der Waals surface area contributed by atoms with Crippen LogP contribution in [0.25, 0.3) is 0 Å². The van der Waals surface area contributed by atoms with Crippen molar-refractivity contribution < 1.29 is 29.3 Å². The molecule has 3 aliphatic rings. The van der Waals surface area contributed by atoms with E-state index in [0.717, 1.165) is 0 Å². The molecule has 1 heterocycles. The quantitative estimate of drug-likeness (QED) is 0.449. The van der Waals surface area contributed by atoms with Crippen LogP contribution in [0.4, 0.5) is 0 Å².